The van der Waals surface area contributed by atoms with Crippen molar-refractivity contribution in [2.24, 2.45) is 10.9 Å². The summed E-state index contributed by atoms with van der Waals surface area (Å²) in [6.45, 7) is 8.65. The van der Waals surface area contributed by atoms with Gasteiger partial charge in [-0.3, -0.25) is 9.79 Å². The van der Waals surface area contributed by atoms with Crippen molar-refractivity contribution >= 4 is 41.5 Å². The molecule has 1 aromatic carbocycles. The van der Waals surface area contributed by atoms with E-state index in [0.717, 1.165) is 50.8 Å². The van der Waals surface area contributed by atoms with E-state index < -0.39 is 0 Å². The fourth-order valence-electron chi connectivity index (χ4n) is 4.72. The standard InChI is InChI=1S/C24H34N6O.HI/c1-18(2)16-29-14-11-26-22(29)15-27-24(25-3)30-17-19(20-7-4-5-8-21(20)30)10-13-28-12-6-9-23(28)31;/h4-5,7-8,11,14,18-19H,6,9-10,12-13,15-17H2,1-3H3,(H,25,27);1H. The van der Waals surface area contributed by atoms with Gasteiger partial charge in [0.05, 0.1) is 6.54 Å². The van der Waals surface area contributed by atoms with Crippen molar-refractivity contribution < 1.29 is 4.79 Å². The highest BCUT2D eigenvalue weighted by atomic mass is 127. The number of hydrogen-bond acceptors (Lipinski definition) is 3. The van der Waals surface area contributed by atoms with Crippen molar-refractivity contribution in [3.05, 3.63) is 48.0 Å². The zero-order chi connectivity index (χ0) is 21.8. The first-order valence-corrected chi connectivity index (χ1v) is 11.4. The number of likely N-dealkylation sites (tertiary alicyclic amines) is 1. The first-order chi connectivity index (χ1) is 15.1. The molecule has 4 rings (SSSR count). The van der Waals surface area contributed by atoms with Gasteiger partial charge in [-0.05, 0) is 30.4 Å². The maximum atomic E-state index is 12.0. The van der Waals surface area contributed by atoms with E-state index in [2.05, 4.69) is 62.9 Å². The second-order valence-electron chi connectivity index (χ2n) is 8.93. The molecule has 1 saturated heterocycles. The summed E-state index contributed by atoms with van der Waals surface area (Å²) in [6.07, 6.45) is 6.59. The molecule has 0 radical (unpaired) electrons. The lowest BCUT2D eigenvalue weighted by Crippen LogP contribution is -2.41. The topological polar surface area (TPSA) is 65.8 Å². The Kier molecular flexibility index (Phi) is 8.56. The SMILES string of the molecule is CN=C(NCc1nccn1CC(C)C)N1CC(CCN2CCCC2=O)c2ccccc21.I. The van der Waals surface area contributed by atoms with E-state index in [1.165, 1.54) is 11.3 Å². The van der Waals surface area contributed by atoms with Gasteiger partial charge in [-0.1, -0.05) is 32.0 Å². The number of fused-ring (bicyclic) bond motifs is 1. The van der Waals surface area contributed by atoms with E-state index >= 15 is 0 Å². The van der Waals surface area contributed by atoms with Gasteiger partial charge >= 0.3 is 0 Å². The number of para-hydroxylation sites is 1. The van der Waals surface area contributed by atoms with Crippen LogP contribution in [0.4, 0.5) is 5.69 Å². The summed E-state index contributed by atoms with van der Waals surface area (Å²) in [6, 6.07) is 8.58. The second-order valence-corrected chi connectivity index (χ2v) is 8.93. The summed E-state index contributed by atoms with van der Waals surface area (Å²) in [5.41, 5.74) is 2.55. The molecule has 3 heterocycles. The van der Waals surface area contributed by atoms with E-state index in [1.807, 2.05) is 24.3 Å². The number of anilines is 1. The number of nitrogens with one attached hydrogen (secondary N) is 1. The van der Waals surface area contributed by atoms with Crippen molar-refractivity contribution in [1.82, 2.24) is 19.8 Å². The third-order valence-corrected chi connectivity index (χ3v) is 6.22. The summed E-state index contributed by atoms with van der Waals surface area (Å²) >= 11 is 0. The predicted molar refractivity (Wildman–Crippen MR) is 140 cm³/mol. The molecule has 0 aliphatic carbocycles. The molecule has 1 aromatic heterocycles. The number of benzene rings is 1. The normalized spacial score (nSPS) is 18.3. The Labute approximate surface area is 208 Å². The Bertz CT molecular complexity index is 940. The highest BCUT2D eigenvalue weighted by Crippen LogP contribution is 2.38. The first-order valence-electron chi connectivity index (χ1n) is 11.4. The van der Waals surface area contributed by atoms with Crippen molar-refractivity contribution in [2.75, 3.05) is 31.6 Å². The monoisotopic (exact) mass is 550 g/mol. The van der Waals surface area contributed by atoms with Crippen molar-refractivity contribution in [2.45, 2.75) is 52.1 Å². The summed E-state index contributed by atoms with van der Waals surface area (Å²) in [4.78, 5) is 25.4. The molecule has 7 nitrogen and oxygen atoms in total. The minimum atomic E-state index is 0. The molecular formula is C24H35IN6O. The molecule has 2 aliphatic rings. The number of amides is 1. The van der Waals surface area contributed by atoms with Crippen LogP contribution in [0.25, 0.3) is 0 Å². The quantitative estimate of drug-likeness (QED) is 0.323. The van der Waals surface area contributed by atoms with Crippen LogP contribution in [0.1, 0.15) is 50.4 Å². The lowest BCUT2D eigenvalue weighted by atomic mass is 9.98. The van der Waals surface area contributed by atoms with Crippen LogP contribution in [0.2, 0.25) is 0 Å². The van der Waals surface area contributed by atoms with Gasteiger partial charge in [0.1, 0.15) is 5.82 Å². The van der Waals surface area contributed by atoms with Gasteiger partial charge in [-0.15, -0.1) is 24.0 Å². The van der Waals surface area contributed by atoms with Gasteiger partial charge in [0, 0.05) is 63.6 Å². The molecule has 0 saturated carbocycles. The van der Waals surface area contributed by atoms with Crippen molar-refractivity contribution in [1.29, 1.82) is 0 Å². The lowest BCUT2D eigenvalue weighted by molar-refractivity contribution is -0.127. The number of aliphatic imine (C=N–C) groups is 1. The maximum absolute atomic E-state index is 12.0. The maximum Gasteiger partial charge on any atom is 0.222 e. The average molecular weight is 550 g/mol. The number of carbonyl (C=O) groups excluding carboxylic acids is 1. The number of rotatable bonds is 7. The van der Waals surface area contributed by atoms with E-state index in [1.54, 1.807) is 0 Å². The van der Waals surface area contributed by atoms with Crippen LogP contribution >= 0.6 is 24.0 Å². The molecule has 1 N–H and O–H groups in total. The summed E-state index contributed by atoms with van der Waals surface area (Å²) in [7, 11) is 1.84. The number of carbonyl (C=O) groups is 1. The molecule has 174 valence electrons. The number of imidazole rings is 1. The highest BCUT2D eigenvalue weighted by molar-refractivity contribution is 14.0. The third-order valence-electron chi connectivity index (χ3n) is 6.22. The van der Waals surface area contributed by atoms with Crippen LogP contribution in [0.15, 0.2) is 41.7 Å². The fourth-order valence-corrected chi connectivity index (χ4v) is 4.72. The Morgan fingerprint density at radius 1 is 1.31 bits per heavy atom. The molecular weight excluding hydrogens is 515 g/mol. The van der Waals surface area contributed by atoms with Crippen LogP contribution < -0.4 is 10.2 Å². The van der Waals surface area contributed by atoms with E-state index in [0.29, 0.717) is 30.7 Å². The molecule has 1 fully saturated rings. The molecule has 0 bridgehead atoms. The number of halogens is 1. The summed E-state index contributed by atoms with van der Waals surface area (Å²) in [5, 5.41) is 3.52. The van der Waals surface area contributed by atoms with Crippen LogP contribution in [0, 0.1) is 5.92 Å². The number of hydrogen-bond donors (Lipinski definition) is 1. The Morgan fingerprint density at radius 3 is 2.84 bits per heavy atom. The molecule has 2 aromatic rings. The van der Waals surface area contributed by atoms with Gasteiger partial charge in [-0.2, -0.15) is 0 Å². The average Bonchev–Trinajstić information content (AvgIpc) is 3.46. The molecule has 32 heavy (non-hydrogen) atoms. The Hall–Kier alpha value is -2.10. The van der Waals surface area contributed by atoms with Gasteiger partial charge in [-0.25, -0.2) is 4.98 Å². The highest BCUT2D eigenvalue weighted by Gasteiger charge is 2.32. The first kappa shape index (κ1) is 24.5. The molecule has 1 amide bonds. The summed E-state index contributed by atoms with van der Waals surface area (Å²) in [5.74, 6) is 3.15. The van der Waals surface area contributed by atoms with Gasteiger partial charge < -0.3 is 19.7 Å². The van der Waals surface area contributed by atoms with Crippen LogP contribution in [0.3, 0.4) is 0 Å². The van der Waals surface area contributed by atoms with Crippen molar-refractivity contribution in [3.63, 3.8) is 0 Å². The molecule has 1 unspecified atom stereocenters. The smallest absolute Gasteiger partial charge is 0.222 e. The Morgan fingerprint density at radius 2 is 2.12 bits per heavy atom. The number of aromatic nitrogens is 2. The lowest BCUT2D eigenvalue weighted by Gasteiger charge is -2.23. The minimum absolute atomic E-state index is 0. The molecule has 1 atom stereocenters. The number of guanidine groups is 1. The minimum Gasteiger partial charge on any atom is -0.349 e. The third kappa shape index (κ3) is 5.44. The molecule has 0 spiro atoms. The zero-order valence-electron chi connectivity index (χ0n) is 19.3. The molecule has 2 aliphatic heterocycles. The Balaban J connectivity index is 0.00000289. The number of nitrogens with zero attached hydrogens (tertiary/aromatic N) is 5. The van der Waals surface area contributed by atoms with Gasteiger partial charge in [0.25, 0.3) is 0 Å². The van der Waals surface area contributed by atoms with E-state index in [-0.39, 0.29) is 24.0 Å². The zero-order valence-corrected chi connectivity index (χ0v) is 21.7. The van der Waals surface area contributed by atoms with E-state index in [9.17, 15) is 4.79 Å². The van der Waals surface area contributed by atoms with Crippen LogP contribution in [0.5, 0.6) is 0 Å². The molecule has 8 heteroatoms. The van der Waals surface area contributed by atoms with Crippen LogP contribution in [-0.2, 0) is 17.9 Å². The van der Waals surface area contributed by atoms with Gasteiger partial charge in [0.15, 0.2) is 5.96 Å². The van der Waals surface area contributed by atoms with Gasteiger partial charge in [0.2, 0.25) is 5.91 Å². The van der Waals surface area contributed by atoms with Crippen molar-refractivity contribution in [3.8, 4) is 0 Å². The predicted octanol–water partition coefficient (Wildman–Crippen LogP) is 3.85. The largest absolute Gasteiger partial charge is 0.349 e. The second kappa shape index (κ2) is 11.2. The fraction of sp³-hybridized carbons (Fsp3) is 0.542. The van der Waals surface area contributed by atoms with E-state index in [4.69, 9.17) is 0 Å². The summed E-state index contributed by atoms with van der Waals surface area (Å²) < 4.78 is 2.21. The van der Waals surface area contributed by atoms with Crippen LogP contribution in [-0.4, -0.2) is 53.0 Å².